The maximum Gasteiger partial charge on any atom is 0.226 e. The first kappa shape index (κ1) is 13.2. The van der Waals surface area contributed by atoms with Crippen LogP contribution in [0.25, 0.3) is 0 Å². The minimum absolute atomic E-state index is 0.0130. The van der Waals surface area contributed by atoms with Crippen molar-refractivity contribution >= 4 is 27.7 Å². The van der Waals surface area contributed by atoms with Gasteiger partial charge in [-0.3, -0.25) is 9.89 Å². The standard InChI is InChI=1S/C14H14BrN3O2/c1-7-13-9(6-12(19)16-14(13)18-17-7)8-3-4-11(20-2)10(15)5-8/h3-5,9H,6H2,1-2H3,(H2,16,17,18,19)/t9-/m1/s1. The number of hydrogen-bond acceptors (Lipinski definition) is 3. The number of nitrogens with zero attached hydrogens (tertiary/aromatic N) is 1. The molecule has 1 atom stereocenters. The van der Waals surface area contributed by atoms with Crippen molar-refractivity contribution in [2.45, 2.75) is 19.3 Å². The van der Waals surface area contributed by atoms with Crippen LogP contribution >= 0.6 is 15.9 Å². The molecule has 0 bridgehead atoms. The van der Waals surface area contributed by atoms with Crippen molar-refractivity contribution in [1.29, 1.82) is 0 Å². The molecule has 0 saturated heterocycles. The summed E-state index contributed by atoms with van der Waals surface area (Å²) in [6, 6.07) is 5.89. The Bertz CT molecular complexity index is 681. The molecule has 0 radical (unpaired) electrons. The molecular formula is C14H14BrN3O2. The number of benzene rings is 1. The number of aromatic amines is 1. The number of aromatic nitrogens is 2. The smallest absolute Gasteiger partial charge is 0.226 e. The summed E-state index contributed by atoms with van der Waals surface area (Å²) in [4.78, 5) is 11.8. The van der Waals surface area contributed by atoms with Crippen LogP contribution in [0.3, 0.4) is 0 Å². The molecule has 1 aromatic carbocycles. The van der Waals surface area contributed by atoms with Crippen molar-refractivity contribution in [3.63, 3.8) is 0 Å². The maximum absolute atomic E-state index is 11.8. The molecule has 1 aliphatic rings. The number of methoxy groups -OCH3 is 1. The Labute approximate surface area is 124 Å². The van der Waals surface area contributed by atoms with E-state index in [2.05, 4.69) is 31.4 Å². The molecule has 0 unspecified atom stereocenters. The highest BCUT2D eigenvalue weighted by Crippen LogP contribution is 2.39. The molecule has 2 N–H and O–H groups in total. The van der Waals surface area contributed by atoms with Gasteiger partial charge in [-0.2, -0.15) is 5.10 Å². The topological polar surface area (TPSA) is 67.0 Å². The summed E-state index contributed by atoms with van der Waals surface area (Å²) in [6.45, 7) is 1.97. The summed E-state index contributed by atoms with van der Waals surface area (Å²) in [7, 11) is 1.63. The van der Waals surface area contributed by atoms with Crippen LogP contribution in [0.1, 0.15) is 29.2 Å². The minimum Gasteiger partial charge on any atom is -0.496 e. The highest BCUT2D eigenvalue weighted by molar-refractivity contribution is 9.10. The van der Waals surface area contributed by atoms with E-state index in [9.17, 15) is 4.79 Å². The highest BCUT2D eigenvalue weighted by atomic mass is 79.9. The van der Waals surface area contributed by atoms with Gasteiger partial charge < -0.3 is 10.1 Å². The molecular weight excluding hydrogens is 322 g/mol. The number of carbonyl (C=O) groups is 1. The summed E-state index contributed by atoms with van der Waals surface area (Å²) in [6.07, 6.45) is 0.423. The van der Waals surface area contributed by atoms with Crippen LogP contribution in [0.4, 0.5) is 5.82 Å². The quantitative estimate of drug-likeness (QED) is 0.886. The number of rotatable bonds is 2. The summed E-state index contributed by atoms with van der Waals surface area (Å²) in [5.74, 6) is 1.41. The molecule has 3 rings (SSSR count). The van der Waals surface area contributed by atoms with E-state index in [1.54, 1.807) is 7.11 Å². The summed E-state index contributed by atoms with van der Waals surface area (Å²) in [5.41, 5.74) is 3.11. The van der Waals surface area contributed by atoms with E-state index in [4.69, 9.17) is 4.74 Å². The van der Waals surface area contributed by atoms with Crippen LogP contribution in [0, 0.1) is 6.92 Å². The molecule has 0 fully saturated rings. The largest absolute Gasteiger partial charge is 0.496 e. The van der Waals surface area contributed by atoms with Gasteiger partial charge in [-0.15, -0.1) is 0 Å². The zero-order valence-electron chi connectivity index (χ0n) is 11.2. The van der Waals surface area contributed by atoms with E-state index in [1.165, 1.54) is 0 Å². The second-order valence-electron chi connectivity index (χ2n) is 4.81. The zero-order chi connectivity index (χ0) is 14.3. The first-order valence-corrected chi connectivity index (χ1v) is 7.07. The third-order valence-corrected chi connectivity index (χ3v) is 4.19. The Hall–Kier alpha value is -1.82. The van der Waals surface area contributed by atoms with Crippen molar-refractivity contribution in [1.82, 2.24) is 10.2 Å². The van der Waals surface area contributed by atoms with Gasteiger partial charge in [0.2, 0.25) is 5.91 Å². The van der Waals surface area contributed by atoms with E-state index in [-0.39, 0.29) is 11.8 Å². The first-order valence-electron chi connectivity index (χ1n) is 6.28. The molecule has 5 nitrogen and oxygen atoms in total. The van der Waals surface area contributed by atoms with Crippen LogP contribution < -0.4 is 10.1 Å². The van der Waals surface area contributed by atoms with Crippen LogP contribution in [0.15, 0.2) is 22.7 Å². The van der Waals surface area contributed by atoms with E-state index in [0.29, 0.717) is 12.2 Å². The SMILES string of the molecule is COc1ccc([C@H]2CC(=O)Nc3n[nH]c(C)c32)cc1Br. The van der Waals surface area contributed by atoms with Crippen molar-refractivity contribution < 1.29 is 9.53 Å². The number of amides is 1. The third-order valence-electron chi connectivity index (χ3n) is 3.57. The summed E-state index contributed by atoms with van der Waals surface area (Å²) < 4.78 is 6.12. The molecule has 2 heterocycles. The van der Waals surface area contributed by atoms with Crippen molar-refractivity contribution in [2.75, 3.05) is 12.4 Å². The molecule has 1 aliphatic heterocycles. The van der Waals surface area contributed by atoms with Gasteiger partial charge in [-0.05, 0) is 40.5 Å². The van der Waals surface area contributed by atoms with E-state index >= 15 is 0 Å². The number of H-pyrrole nitrogens is 1. The number of carbonyl (C=O) groups excluding carboxylic acids is 1. The Morgan fingerprint density at radius 3 is 2.95 bits per heavy atom. The number of anilines is 1. The molecule has 20 heavy (non-hydrogen) atoms. The predicted molar refractivity (Wildman–Crippen MR) is 79.1 cm³/mol. The second kappa shape index (κ2) is 4.94. The Morgan fingerprint density at radius 1 is 1.45 bits per heavy atom. The van der Waals surface area contributed by atoms with E-state index in [0.717, 1.165) is 27.0 Å². The number of ether oxygens (including phenoxy) is 1. The van der Waals surface area contributed by atoms with Crippen LogP contribution in [0.5, 0.6) is 5.75 Å². The van der Waals surface area contributed by atoms with Crippen LogP contribution in [0.2, 0.25) is 0 Å². The molecule has 0 spiro atoms. The average molecular weight is 336 g/mol. The fraction of sp³-hybridized carbons (Fsp3) is 0.286. The predicted octanol–water partition coefficient (Wildman–Crippen LogP) is 2.96. The number of fused-ring (bicyclic) bond motifs is 1. The van der Waals surface area contributed by atoms with E-state index < -0.39 is 0 Å². The molecule has 2 aromatic rings. The summed E-state index contributed by atoms with van der Waals surface area (Å²) in [5, 5.41) is 9.88. The van der Waals surface area contributed by atoms with Gasteiger partial charge in [-0.1, -0.05) is 6.07 Å². The Balaban J connectivity index is 2.08. The minimum atomic E-state index is -0.0130. The summed E-state index contributed by atoms with van der Waals surface area (Å²) >= 11 is 3.49. The van der Waals surface area contributed by atoms with Gasteiger partial charge in [0.25, 0.3) is 0 Å². The molecule has 6 heteroatoms. The molecule has 1 aromatic heterocycles. The van der Waals surface area contributed by atoms with Gasteiger partial charge in [0.05, 0.1) is 11.6 Å². The highest BCUT2D eigenvalue weighted by Gasteiger charge is 2.30. The number of halogens is 1. The second-order valence-corrected chi connectivity index (χ2v) is 5.66. The van der Waals surface area contributed by atoms with Gasteiger partial charge in [-0.25, -0.2) is 0 Å². The van der Waals surface area contributed by atoms with Gasteiger partial charge in [0.15, 0.2) is 5.82 Å². The lowest BCUT2D eigenvalue weighted by Crippen LogP contribution is -2.23. The molecule has 0 aliphatic carbocycles. The first-order chi connectivity index (χ1) is 9.60. The van der Waals surface area contributed by atoms with Crippen molar-refractivity contribution in [3.05, 3.63) is 39.5 Å². The van der Waals surface area contributed by atoms with Crippen molar-refractivity contribution in [2.24, 2.45) is 0 Å². The van der Waals surface area contributed by atoms with Crippen molar-refractivity contribution in [3.8, 4) is 5.75 Å². The molecule has 0 saturated carbocycles. The fourth-order valence-electron chi connectivity index (χ4n) is 2.61. The zero-order valence-corrected chi connectivity index (χ0v) is 12.7. The van der Waals surface area contributed by atoms with Gasteiger partial charge in [0.1, 0.15) is 5.75 Å². The lowest BCUT2D eigenvalue weighted by atomic mass is 9.86. The number of nitrogens with one attached hydrogen (secondary N) is 2. The number of hydrogen-bond donors (Lipinski definition) is 2. The molecule has 104 valence electrons. The van der Waals surface area contributed by atoms with E-state index in [1.807, 2.05) is 25.1 Å². The lowest BCUT2D eigenvalue weighted by Gasteiger charge is -2.23. The van der Waals surface area contributed by atoms with Crippen LogP contribution in [-0.4, -0.2) is 23.2 Å². The number of aryl methyl sites for hydroxylation is 1. The van der Waals surface area contributed by atoms with Gasteiger partial charge in [0, 0.05) is 23.6 Å². The maximum atomic E-state index is 11.8. The average Bonchev–Trinajstić information content (AvgIpc) is 2.79. The fourth-order valence-corrected chi connectivity index (χ4v) is 3.17. The normalized spacial score (nSPS) is 17.6. The third kappa shape index (κ3) is 2.10. The van der Waals surface area contributed by atoms with Gasteiger partial charge >= 0.3 is 0 Å². The molecule has 1 amide bonds. The monoisotopic (exact) mass is 335 g/mol. The lowest BCUT2D eigenvalue weighted by molar-refractivity contribution is -0.116. The Kier molecular flexibility index (Phi) is 3.25. The Morgan fingerprint density at radius 2 is 2.25 bits per heavy atom. The van der Waals surface area contributed by atoms with Crippen LogP contribution in [-0.2, 0) is 4.79 Å².